The summed E-state index contributed by atoms with van der Waals surface area (Å²) in [7, 11) is 1.57. The highest BCUT2D eigenvalue weighted by molar-refractivity contribution is 5.70. The van der Waals surface area contributed by atoms with Crippen molar-refractivity contribution in [2.75, 3.05) is 61.7 Å². The van der Waals surface area contributed by atoms with E-state index in [-0.39, 0.29) is 0 Å². The number of rotatable bonds is 5. The van der Waals surface area contributed by atoms with Gasteiger partial charge in [-0.1, -0.05) is 0 Å². The van der Waals surface area contributed by atoms with E-state index in [1.54, 1.807) is 13.3 Å². The number of hydrogen-bond donors (Lipinski definition) is 2. The lowest BCUT2D eigenvalue weighted by Crippen LogP contribution is -2.32. The smallest absolute Gasteiger partial charge is 0.172 e. The Balaban J connectivity index is 1.71. The summed E-state index contributed by atoms with van der Waals surface area (Å²) in [5.74, 6) is 2.67. The molecule has 2 saturated heterocycles. The molecule has 0 aromatic carbocycles. The summed E-state index contributed by atoms with van der Waals surface area (Å²) in [5, 5.41) is 3.47. The monoisotopic (exact) mass is 369 g/mol. The van der Waals surface area contributed by atoms with Crippen LogP contribution in [0.4, 0.5) is 17.5 Å². The molecule has 0 spiro atoms. The summed E-state index contributed by atoms with van der Waals surface area (Å²) in [6, 6.07) is 3.88. The van der Waals surface area contributed by atoms with Gasteiger partial charge in [-0.2, -0.15) is 0 Å². The maximum absolute atomic E-state index is 5.05. The van der Waals surface area contributed by atoms with Gasteiger partial charge in [-0.3, -0.25) is 4.84 Å². The van der Waals surface area contributed by atoms with Gasteiger partial charge in [-0.15, -0.1) is 0 Å². The maximum Gasteiger partial charge on any atom is 0.172 e. The van der Waals surface area contributed by atoms with Gasteiger partial charge in [0.15, 0.2) is 11.6 Å². The molecule has 27 heavy (non-hydrogen) atoms. The first-order valence-corrected chi connectivity index (χ1v) is 9.68. The van der Waals surface area contributed by atoms with Crippen LogP contribution in [-0.4, -0.2) is 61.3 Å². The Morgan fingerprint density at radius 3 is 2.67 bits per heavy atom. The molecule has 144 valence electrons. The zero-order valence-corrected chi connectivity index (χ0v) is 15.8. The fourth-order valence-corrected chi connectivity index (χ4v) is 3.68. The van der Waals surface area contributed by atoms with Crippen LogP contribution in [0.25, 0.3) is 11.3 Å². The van der Waals surface area contributed by atoms with Gasteiger partial charge in [-0.05, 0) is 37.9 Å². The van der Waals surface area contributed by atoms with E-state index < -0.39 is 0 Å². The van der Waals surface area contributed by atoms with E-state index in [2.05, 4.69) is 25.6 Å². The molecule has 0 amide bonds. The highest BCUT2D eigenvalue weighted by Crippen LogP contribution is 2.31. The molecule has 8 nitrogen and oxygen atoms in total. The first-order chi connectivity index (χ1) is 13.3. The molecule has 4 rings (SSSR count). The van der Waals surface area contributed by atoms with Gasteiger partial charge in [0.1, 0.15) is 5.82 Å². The summed E-state index contributed by atoms with van der Waals surface area (Å²) < 4.78 is 0. The lowest BCUT2D eigenvalue weighted by molar-refractivity contribution is 0.269. The van der Waals surface area contributed by atoms with Gasteiger partial charge in [0, 0.05) is 44.5 Å². The molecule has 2 aromatic heterocycles. The minimum absolute atomic E-state index is 0.654. The van der Waals surface area contributed by atoms with Gasteiger partial charge in [0.25, 0.3) is 0 Å². The van der Waals surface area contributed by atoms with Crippen LogP contribution in [0.3, 0.4) is 0 Å². The molecule has 0 unspecified atom stereocenters. The first-order valence-electron chi connectivity index (χ1n) is 9.68. The van der Waals surface area contributed by atoms with Crippen LogP contribution in [0.2, 0.25) is 0 Å². The van der Waals surface area contributed by atoms with Gasteiger partial charge >= 0.3 is 0 Å². The van der Waals surface area contributed by atoms with E-state index in [0.717, 1.165) is 68.6 Å². The average molecular weight is 369 g/mol. The second-order valence-corrected chi connectivity index (χ2v) is 6.92. The van der Waals surface area contributed by atoms with E-state index in [0.29, 0.717) is 5.82 Å². The Kier molecular flexibility index (Phi) is 5.64. The van der Waals surface area contributed by atoms with Crippen LogP contribution in [-0.2, 0) is 4.84 Å². The minimum Gasteiger partial charge on any atom is -0.354 e. The van der Waals surface area contributed by atoms with Crippen molar-refractivity contribution in [3.63, 3.8) is 0 Å². The summed E-state index contributed by atoms with van der Waals surface area (Å²) in [6.07, 6.45) is 7.19. The predicted octanol–water partition coefficient (Wildman–Crippen LogP) is 1.91. The third-order valence-corrected chi connectivity index (χ3v) is 5.04. The van der Waals surface area contributed by atoms with Crippen LogP contribution in [0.5, 0.6) is 0 Å². The van der Waals surface area contributed by atoms with Crippen molar-refractivity contribution in [1.82, 2.24) is 20.3 Å². The summed E-state index contributed by atoms with van der Waals surface area (Å²) in [6.45, 7) is 6.10. The van der Waals surface area contributed by atoms with Gasteiger partial charge in [0.05, 0.1) is 19.0 Å². The Morgan fingerprint density at radius 1 is 1.00 bits per heavy atom. The molecule has 0 atom stereocenters. The van der Waals surface area contributed by atoms with Crippen LogP contribution in [0.15, 0.2) is 24.5 Å². The van der Waals surface area contributed by atoms with Crippen LogP contribution in [0.1, 0.15) is 19.3 Å². The summed E-state index contributed by atoms with van der Waals surface area (Å²) >= 11 is 0. The fraction of sp³-hybridized carbons (Fsp3) is 0.526. The number of aromatic nitrogens is 3. The molecule has 2 N–H and O–H groups in total. The zero-order chi connectivity index (χ0) is 18.5. The third-order valence-electron chi connectivity index (χ3n) is 5.04. The quantitative estimate of drug-likeness (QED) is 0.774. The molecule has 2 aliphatic rings. The standard InChI is InChI=1S/C19H27N7O/c1-27-24-17-13-15(5-7-21-17)16-14-22-18(25-9-2-3-10-25)19(23-16)26-11-4-6-20-8-12-26/h5,7,13-14,20H,2-4,6,8-12H2,1H3,(H,21,24). The van der Waals surface area contributed by atoms with Crippen molar-refractivity contribution < 1.29 is 4.84 Å². The molecule has 8 heteroatoms. The van der Waals surface area contributed by atoms with Crippen LogP contribution in [0, 0.1) is 0 Å². The van der Waals surface area contributed by atoms with Crippen molar-refractivity contribution in [1.29, 1.82) is 0 Å². The summed E-state index contributed by atoms with van der Waals surface area (Å²) in [4.78, 5) is 23.9. The van der Waals surface area contributed by atoms with Crippen molar-refractivity contribution in [3.8, 4) is 11.3 Å². The van der Waals surface area contributed by atoms with Crippen LogP contribution < -0.4 is 20.6 Å². The number of pyridine rings is 1. The van der Waals surface area contributed by atoms with Gasteiger partial charge in [0.2, 0.25) is 0 Å². The predicted molar refractivity (Wildman–Crippen MR) is 107 cm³/mol. The number of nitrogens with one attached hydrogen (secondary N) is 2. The number of nitrogens with zero attached hydrogens (tertiary/aromatic N) is 5. The number of anilines is 3. The van der Waals surface area contributed by atoms with Crippen LogP contribution >= 0.6 is 0 Å². The van der Waals surface area contributed by atoms with E-state index >= 15 is 0 Å². The Hall–Kier alpha value is -2.45. The van der Waals surface area contributed by atoms with E-state index in [9.17, 15) is 0 Å². The Morgan fingerprint density at radius 2 is 1.81 bits per heavy atom. The van der Waals surface area contributed by atoms with E-state index in [4.69, 9.17) is 14.8 Å². The molecule has 2 aliphatic heterocycles. The van der Waals surface area contributed by atoms with Crippen molar-refractivity contribution in [2.45, 2.75) is 19.3 Å². The molecule has 0 aliphatic carbocycles. The van der Waals surface area contributed by atoms with Gasteiger partial charge in [-0.25, -0.2) is 20.4 Å². The lowest BCUT2D eigenvalue weighted by atomic mass is 10.2. The molecule has 0 bridgehead atoms. The maximum atomic E-state index is 5.05. The molecule has 0 saturated carbocycles. The second kappa shape index (κ2) is 8.49. The largest absolute Gasteiger partial charge is 0.354 e. The molecule has 4 heterocycles. The SMILES string of the molecule is CONc1cc(-c2cnc(N3CCCC3)c(N3CCCNCC3)n2)ccn1. The minimum atomic E-state index is 0.654. The molecular formula is C19H27N7O. The Labute approximate surface area is 159 Å². The van der Waals surface area contributed by atoms with E-state index in [1.165, 1.54) is 12.8 Å². The third kappa shape index (κ3) is 4.12. The van der Waals surface area contributed by atoms with Crippen molar-refractivity contribution in [2.24, 2.45) is 0 Å². The average Bonchev–Trinajstić information content (AvgIpc) is 3.10. The van der Waals surface area contributed by atoms with E-state index in [1.807, 2.05) is 18.3 Å². The molecule has 0 radical (unpaired) electrons. The normalized spacial score (nSPS) is 17.8. The highest BCUT2D eigenvalue weighted by atomic mass is 16.6. The lowest BCUT2D eigenvalue weighted by Gasteiger charge is -2.27. The molecular weight excluding hydrogens is 342 g/mol. The fourth-order valence-electron chi connectivity index (χ4n) is 3.68. The zero-order valence-electron chi connectivity index (χ0n) is 15.8. The number of hydrogen-bond acceptors (Lipinski definition) is 8. The Bertz CT molecular complexity index is 755. The molecule has 2 fully saturated rings. The topological polar surface area (TPSA) is 78.4 Å². The van der Waals surface area contributed by atoms with Crippen molar-refractivity contribution in [3.05, 3.63) is 24.5 Å². The van der Waals surface area contributed by atoms with Crippen molar-refractivity contribution >= 4 is 17.5 Å². The first kappa shape index (κ1) is 17.9. The summed E-state index contributed by atoms with van der Waals surface area (Å²) in [5.41, 5.74) is 4.60. The molecule has 2 aromatic rings. The van der Waals surface area contributed by atoms with Gasteiger partial charge < -0.3 is 15.1 Å². The highest BCUT2D eigenvalue weighted by Gasteiger charge is 2.23. The second-order valence-electron chi connectivity index (χ2n) is 6.92.